The number of halogens is 1. The van der Waals surface area contributed by atoms with Crippen LogP contribution in [0.3, 0.4) is 0 Å². The van der Waals surface area contributed by atoms with E-state index in [4.69, 9.17) is 17.3 Å². The van der Waals surface area contributed by atoms with Crippen molar-refractivity contribution in [2.75, 3.05) is 6.54 Å². The third-order valence-corrected chi connectivity index (χ3v) is 5.32. The SMILES string of the molecule is O=C(O)CCCN1C(=O)C(=Cc2cnccc2-c2ccc(F)cc2)SC1=S. The number of carbonyl (C=O) groups is 2. The van der Waals surface area contributed by atoms with Crippen molar-refractivity contribution in [3.63, 3.8) is 0 Å². The first-order chi connectivity index (χ1) is 13.0. The summed E-state index contributed by atoms with van der Waals surface area (Å²) in [6, 6.07) is 7.88. The van der Waals surface area contributed by atoms with Crippen LogP contribution in [0.25, 0.3) is 17.2 Å². The van der Waals surface area contributed by atoms with E-state index in [9.17, 15) is 14.0 Å². The van der Waals surface area contributed by atoms with Crippen molar-refractivity contribution in [3.8, 4) is 11.1 Å². The van der Waals surface area contributed by atoms with E-state index in [0.717, 1.165) is 16.7 Å². The van der Waals surface area contributed by atoms with Gasteiger partial charge in [-0.2, -0.15) is 0 Å². The summed E-state index contributed by atoms with van der Waals surface area (Å²) in [6.07, 6.45) is 5.29. The number of aromatic nitrogens is 1. The Morgan fingerprint density at radius 3 is 2.74 bits per heavy atom. The van der Waals surface area contributed by atoms with Gasteiger partial charge in [0.05, 0.1) is 4.91 Å². The molecule has 1 saturated heterocycles. The number of carboxylic acids is 1. The van der Waals surface area contributed by atoms with Gasteiger partial charge < -0.3 is 5.11 Å². The minimum atomic E-state index is -0.907. The van der Waals surface area contributed by atoms with E-state index in [1.807, 2.05) is 0 Å². The average molecular weight is 402 g/mol. The van der Waals surface area contributed by atoms with Crippen molar-refractivity contribution in [2.24, 2.45) is 0 Å². The highest BCUT2D eigenvalue weighted by molar-refractivity contribution is 8.26. The molecule has 5 nitrogen and oxygen atoms in total. The number of aliphatic carboxylic acids is 1. The number of carbonyl (C=O) groups excluding carboxylic acids is 1. The lowest BCUT2D eigenvalue weighted by Crippen LogP contribution is -2.29. The Hall–Kier alpha value is -2.58. The van der Waals surface area contributed by atoms with E-state index in [1.165, 1.54) is 28.8 Å². The maximum Gasteiger partial charge on any atom is 0.303 e. The molecule has 1 amide bonds. The number of hydrogen-bond acceptors (Lipinski definition) is 5. The molecule has 0 spiro atoms. The Kier molecular flexibility index (Phi) is 5.98. The van der Waals surface area contributed by atoms with Crippen LogP contribution in [-0.2, 0) is 9.59 Å². The number of amides is 1. The smallest absolute Gasteiger partial charge is 0.303 e. The molecule has 0 bridgehead atoms. The number of hydrogen-bond donors (Lipinski definition) is 1. The summed E-state index contributed by atoms with van der Waals surface area (Å²) in [7, 11) is 0. The highest BCUT2D eigenvalue weighted by Crippen LogP contribution is 2.34. The topological polar surface area (TPSA) is 70.5 Å². The van der Waals surface area contributed by atoms with Crippen LogP contribution < -0.4 is 0 Å². The number of thioether (sulfide) groups is 1. The molecule has 1 aromatic carbocycles. The predicted octanol–water partition coefficient (Wildman–Crippen LogP) is 3.95. The van der Waals surface area contributed by atoms with Crippen LogP contribution in [0, 0.1) is 5.82 Å². The van der Waals surface area contributed by atoms with Crippen molar-refractivity contribution in [3.05, 3.63) is 59.0 Å². The lowest BCUT2D eigenvalue weighted by atomic mass is 10.0. The second kappa shape index (κ2) is 8.41. The molecule has 1 N–H and O–H groups in total. The van der Waals surface area contributed by atoms with E-state index in [1.54, 1.807) is 36.7 Å². The Labute approximate surface area is 164 Å². The van der Waals surface area contributed by atoms with Crippen LogP contribution in [0.2, 0.25) is 0 Å². The van der Waals surface area contributed by atoms with Gasteiger partial charge in [-0.05, 0) is 41.8 Å². The molecule has 1 aromatic heterocycles. The van der Waals surface area contributed by atoms with Crippen LogP contribution in [0.5, 0.6) is 0 Å². The molecule has 27 heavy (non-hydrogen) atoms. The highest BCUT2D eigenvalue weighted by atomic mass is 32.2. The Morgan fingerprint density at radius 1 is 1.30 bits per heavy atom. The molecule has 0 aliphatic carbocycles. The van der Waals surface area contributed by atoms with Gasteiger partial charge in [0.1, 0.15) is 10.1 Å². The predicted molar refractivity (Wildman–Crippen MR) is 106 cm³/mol. The zero-order valence-corrected chi connectivity index (χ0v) is 15.7. The third-order valence-electron chi connectivity index (χ3n) is 3.94. The molecule has 138 valence electrons. The maximum atomic E-state index is 13.2. The molecule has 1 fully saturated rings. The normalized spacial score (nSPS) is 15.6. The molecular formula is C19H15FN2O3S2. The summed E-state index contributed by atoms with van der Waals surface area (Å²) in [4.78, 5) is 29.3. The van der Waals surface area contributed by atoms with Gasteiger partial charge in [-0.15, -0.1) is 0 Å². The summed E-state index contributed by atoms with van der Waals surface area (Å²) in [5, 5.41) is 8.74. The lowest BCUT2D eigenvalue weighted by Gasteiger charge is -2.13. The standard InChI is InChI=1S/C19H15FN2O3S2/c20-14-5-3-12(4-6-14)15-7-8-21-11-13(15)10-16-18(25)22(19(26)27-16)9-1-2-17(23)24/h3-8,10-11H,1-2,9H2,(H,23,24). The first-order valence-corrected chi connectivity index (χ1v) is 9.35. The number of pyridine rings is 1. The van der Waals surface area contributed by atoms with Crippen molar-refractivity contribution in [2.45, 2.75) is 12.8 Å². The number of nitrogens with zero attached hydrogens (tertiary/aromatic N) is 2. The molecule has 0 unspecified atom stereocenters. The third kappa shape index (κ3) is 4.58. The Morgan fingerprint density at radius 2 is 2.04 bits per heavy atom. The minimum absolute atomic E-state index is 0.0204. The second-order valence-electron chi connectivity index (χ2n) is 5.80. The van der Waals surface area contributed by atoms with E-state index >= 15 is 0 Å². The summed E-state index contributed by atoms with van der Waals surface area (Å²) in [6.45, 7) is 0.270. The van der Waals surface area contributed by atoms with Crippen molar-refractivity contribution in [1.29, 1.82) is 0 Å². The average Bonchev–Trinajstić information content (AvgIpc) is 2.90. The van der Waals surface area contributed by atoms with Crippen LogP contribution in [-0.4, -0.2) is 37.7 Å². The van der Waals surface area contributed by atoms with Gasteiger partial charge in [0.15, 0.2) is 0 Å². The van der Waals surface area contributed by atoms with Gasteiger partial charge in [0.25, 0.3) is 5.91 Å². The van der Waals surface area contributed by atoms with E-state index < -0.39 is 5.97 Å². The highest BCUT2D eigenvalue weighted by Gasteiger charge is 2.31. The fourth-order valence-electron chi connectivity index (χ4n) is 2.64. The van der Waals surface area contributed by atoms with Crippen LogP contribution in [0.15, 0.2) is 47.6 Å². The fraction of sp³-hybridized carbons (Fsp3) is 0.158. The van der Waals surface area contributed by atoms with E-state index in [2.05, 4.69) is 4.98 Å². The summed E-state index contributed by atoms with van der Waals surface area (Å²) in [5.74, 6) is -1.48. The maximum absolute atomic E-state index is 13.2. The van der Waals surface area contributed by atoms with Crippen LogP contribution in [0.1, 0.15) is 18.4 Å². The quantitative estimate of drug-likeness (QED) is 0.583. The zero-order chi connectivity index (χ0) is 19.4. The van der Waals surface area contributed by atoms with E-state index in [0.29, 0.717) is 15.6 Å². The Bertz CT molecular complexity index is 929. The zero-order valence-electron chi connectivity index (χ0n) is 14.1. The largest absolute Gasteiger partial charge is 0.481 e. The van der Waals surface area contributed by atoms with Crippen molar-refractivity contribution < 1.29 is 19.1 Å². The molecule has 1 aliphatic rings. The van der Waals surface area contributed by atoms with Gasteiger partial charge in [-0.25, -0.2) is 4.39 Å². The molecule has 0 radical (unpaired) electrons. The van der Waals surface area contributed by atoms with Gasteiger partial charge in [-0.3, -0.25) is 19.5 Å². The molecule has 2 aromatic rings. The van der Waals surface area contributed by atoms with Gasteiger partial charge >= 0.3 is 5.97 Å². The molecular weight excluding hydrogens is 387 g/mol. The van der Waals surface area contributed by atoms with Crippen molar-refractivity contribution >= 4 is 46.3 Å². The molecule has 0 atom stereocenters. The number of carboxylic acid groups (broad SMARTS) is 1. The molecule has 0 saturated carbocycles. The van der Waals surface area contributed by atoms with Gasteiger partial charge in [-0.1, -0.05) is 36.1 Å². The van der Waals surface area contributed by atoms with Gasteiger partial charge in [0, 0.05) is 30.9 Å². The summed E-state index contributed by atoms with van der Waals surface area (Å²) >= 11 is 6.43. The first-order valence-electron chi connectivity index (χ1n) is 8.13. The van der Waals surface area contributed by atoms with Crippen molar-refractivity contribution in [1.82, 2.24) is 9.88 Å². The number of thiocarbonyl (C=S) groups is 1. The number of rotatable bonds is 6. The molecule has 3 rings (SSSR count). The molecule has 2 heterocycles. The minimum Gasteiger partial charge on any atom is -0.481 e. The number of benzene rings is 1. The van der Waals surface area contributed by atoms with Crippen LogP contribution >= 0.6 is 24.0 Å². The summed E-state index contributed by atoms with van der Waals surface area (Å²) < 4.78 is 13.6. The summed E-state index contributed by atoms with van der Waals surface area (Å²) in [5.41, 5.74) is 2.35. The molecule has 8 heteroatoms. The van der Waals surface area contributed by atoms with Crippen LogP contribution in [0.4, 0.5) is 4.39 Å². The lowest BCUT2D eigenvalue weighted by molar-refractivity contribution is -0.137. The first kappa shape index (κ1) is 19.2. The monoisotopic (exact) mass is 402 g/mol. The van der Waals surface area contributed by atoms with E-state index in [-0.39, 0.29) is 24.7 Å². The van der Waals surface area contributed by atoms with Gasteiger partial charge in [0.2, 0.25) is 0 Å². The molecule has 1 aliphatic heterocycles. The Balaban J connectivity index is 1.85. The second-order valence-corrected chi connectivity index (χ2v) is 7.48. The fourth-order valence-corrected chi connectivity index (χ4v) is 3.94.